The van der Waals surface area contributed by atoms with Gasteiger partial charge in [-0.25, -0.2) is 9.97 Å². The van der Waals surface area contributed by atoms with Crippen LogP contribution in [0.25, 0.3) is 0 Å². The lowest BCUT2D eigenvalue weighted by molar-refractivity contribution is -0.128. The molecule has 2 heterocycles. The van der Waals surface area contributed by atoms with Crippen molar-refractivity contribution < 1.29 is 9.53 Å². The molecule has 1 aromatic heterocycles. The molecule has 0 spiro atoms. The molecule has 23 heavy (non-hydrogen) atoms. The van der Waals surface area contributed by atoms with Gasteiger partial charge in [0.1, 0.15) is 12.1 Å². The number of aromatic nitrogens is 2. The van der Waals surface area contributed by atoms with E-state index in [1.807, 2.05) is 17.0 Å². The number of carbonyl (C=O) groups is 1. The van der Waals surface area contributed by atoms with E-state index in [9.17, 15) is 4.79 Å². The van der Waals surface area contributed by atoms with E-state index in [-0.39, 0.29) is 5.91 Å². The summed E-state index contributed by atoms with van der Waals surface area (Å²) in [5.74, 6) is 1.48. The quantitative estimate of drug-likeness (QED) is 0.886. The first kappa shape index (κ1) is 15.3. The Bertz CT molecular complexity index is 690. The lowest BCUT2D eigenvalue weighted by Crippen LogP contribution is -2.24. The first-order chi connectivity index (χ1) is 11.3. The van der Waals surface area contributed by atoms with Crippen molar-refractivity contribution in [2.45, 2.75) is 25.9 Å². The van der Waals surface area contributed by atoms with Crippen LogP contribution in [-0.4, -0.2) is 34.4 Å². The van der Waals surface area contributed by atoms with Gasteiger partial charge in [-0.15, -0.1) is 0 Å². The minimum atomic E-state index is 0.244. The summed E-state index contributed by atoms with van der Waals surface area (Å²) in [7, 11) is 1.58. The van der Waals surface area contributed by atoms with Crippen LogP contribution in [0.2, 0.25) is 0 Å². The first-order valence-corrected chi connectivity index (χ1v) is 7.71. The number of hydrogen-bond acceptors (Lipinski definition) is 5. The van der Waals surface area contributed by atoms with Crippen LogP contribution >= 0.6 is 0 Å². The van der Waals surface area contributed by atoms with Crippen molar-refractivity contribution in [1.29, 1.82) is 0 Å². The van der Waals surface area contributed by atoms with Crippen molar-refractivity contribution in [3.63, 3.8) is 0 Å². The lowest BCUT2D eigenvalue weighted by atomic mass is 10.1. The van der Waals surface area contributed by atoms with Gasteiger partial charge in [0.15, 0.2) is 0 Å². The number of methoxy groups -OCH3 is 1. The number of likely N-dealkylation sites (tertiary alicyclic amines) is 1. The zero-order valence-electron chi connectivity index (χ0n) is 13.2. The van der Waals surface area contributed by atoms with Gasteiger partial charge in [0.2, 0.25) is 11.8 Å². The maximum atomic E-state index is 11.8. The van der Waals surface area contributed by atoms with E-state index in [1.54, 1.807) is 13.2 Å². The number of amides is 1. The van der Waals surface area contributed by atoms with Gasteiger partial charge in [-0.1, -0.05) is 24.3 Å². The predicted molar refractivity (Wildman–Crippen MR) is 87.0 cm³/mol. The highest BCUT2D eigenvalue weighted by molar-refractivity contribution is 5.78. The highest BCUT2D eigenvalue weighted by Crippen LogP contribution is 2.18. The van der Waals surface area contributed by atoms with Crippen molar-refractivity contribution in [2.24, 2.45) is 0 Å². The molecule has 1 N–H and O–H groups in total. The molecule has 0 saturated carbocycles. The molecular formula is C17H20N4O2. The average molecular weight is 312 g/mol. The summed E-state index contributed by atoms with van der Waals surface area (Å²) in [5.41, 5.74) is 2.32. The van der Waals surface area contributed by atoms with Gasteiger partial charge in [-0.2, -0.15) is 0 Å². The Morgan fingerprint density at radius 3 is 2.83 bits per heavy atom. The first-order valence-electron chi connectivity index (χ1n) is 7.71. The zero-order valence-corrected chi connectivity index (χ0v) is 13.2. The van der Waals surface area contributed by atoms with Crippen LogP contribution in [-0.2, 0) is 17.9 Å². The Labute approximate surface area is 135 Å². The summed E-state index contributed by atoms with van der Waals surface area (Å²) in [6, 6.07) is 9.91. The largest absolute Gasteiger partial charge is 0.481 e. The third-order valence-electron chi connectivity index (χ3n) is 3.96. The monoisotopic (exact) mass is 312 g/mol. The smallest absolute Gasteiger partial charge is 0.222 e. The molecule has 1 aliphatic heterocycles. The molecule has 3 rings (SSSR count). The third kappa shape index (κ3) is 3.77. The standard InChI is InChI=1S/C17H20N4O2/c1-23-16-9-15(19-12-20-16)18-10-13-5-2-3-6-14(13)11-21-8-4-7-17(21)22/h2-3,5-6,9,12H,4,7-8,10-11H2,1H3,(H,18,19,20). The minimum Gasteiger partial charge on any atom is -0.481 e. The molecule has 1 fully saturated rings. The summed E-state index contributed by atoms with van der Waals surface area (Å²) in [6.45, 7) is 2.16. The molecule has 0 atom stereocenters. The molecule has 0 aliphatic carbocycles. The predicted octanol–water partition coefficient (Wildman–Crippen LogP) is 2.22. The Hall–Kier alpha value is -2.63. The van der Waals surface area contributed by atoms with E-state index >= 15 is 0 Å². The summed E-state index contributed by atoms with van der Waals surface area (Å²) < 4.78 is 5.10. The molecule has 1 aromatic carbocycles. The number of rotatable bonds is 6. The molecule has 6 heteroatoms. The number of hydrogen-bond donors (Lipinski definition) is 1. The molecule has 6 nitrogen and oxygen atoms in total. The van der Waals surface area contributed by atoms with Gasteiger partial charge in [0, 0.05) is 32.1 Å². The second-order valence-electron chi connectivity index (χ2n) is 5.49. The van der Waals surface area contributed by atoms with Crippen molar-refractivity contribution in [3.05, 3.63) is 47.8 Å². The number of nitrogens with zero attached hydrogens (tertiary/aromatic N) is 3. The highest BCUT2D eigenvalue weighted by atomic mass is 16.5. The molecule has 120 valence electrons. The fraction of sp³-hybridized carbons (Fsp3) is 0.353. The van der Waals surface area contributed by atoms with Gasteiger partial charge in [-0.05, 0) is 17.5 Å². The SMILES string of the molecule is COc1cc(NCc2ccccc2CN2CCCC2=O)ncn1. The van der Waals surface area contributed by atoms with Gasteiger partial charge < -0.3 is 15.0 Å². The Balaban J connectivity index is 1.68. The minimum absolute atomic E-state index is 0.244. The van der Waals surface area contributed by atoms with Crippen molar-refractivity contribution in [3.8, 4) is 5.88 Å². The van der Waals surface area contributed by atoms with E-state index in [0.717, 1.165) is 24.1 Å². The van der Waals surface area contributed by atoms with Crippen molar-refractivity contribution in [2.75, 3.05) is 19.0 Å². The zero-order chi connectivity index (χ0) is 16.1. The topological polar surface area (TPSA) is 67.3 Å². The van der Waals surface area contributed by atoms with Gasteiger partial charge in [0.05, 0.1) is 7.11 Å². The molecule has 2 aromatic rings. The molecule has 0 unspecified atom stereocenters. The van der Waals surface area contributed by atoms with Crippen LogP contribution in [0.15, 0.2) is 36.7 Å². The number of benzene rings is 1. The second kappa shape index (κ2) is 7.09. The maximum Gasteiger partial charge on any atom is 0.222 e. The normalized spacial score (nSPS) is 14.1. The van der Waals surface area contributed by atoms with Crippen LogP contribution < -0.4 is 10.1 Å². The molecule has 0 radical (unpaired) electrons. The molecular weight excluding hydrogens is 292 g/mol. The lowest BCUT2D eigenvalue weighted by Gasteiger charge is -2.18. The summed E-state index contributed by atoms with van der Waals surface area (Å²) in [4.78, 5) is 21.9. The third-order valence-corrected chi connectivity index (χ3v) is 3.96. The summed E-state index contributed by atoms with van der Waals surface area (Å²) >= 11 is 0. The highest BCUT2D eigenvalue weighted by Gasteiger charge is 2.20. The number of anilines is 1. The fourth-order valence-electron chi connectivity index (χ4n) is 2.69. The van der Waals surface area contributed by atoms with E-state index in [0.29, 0.717) is 31.2 Å². The molecule has 1 saturated heterocycles. The van der Waals surface area contributed by atoms with Crippen molar-refractivity contribution in [1.82, 2.24) is 14.9 Å². The molecule has 1 aliphatic rings. The Morgan fingerprint density at radius 2 is 2.09 bits per heavy atom. The Kier molecular flexibility index (Phi) is 4.71. The number of carbonyl (C=O) groups excluding carboxylic acids is 1. The molecule has 1 amide bonds. The summed E-state index contributed by atoms with van der Waals surface area (Å²) in [6.07, 6.45) is 3.09. The maximum absolute atomic E-state index is 11.8. The van der Waals surface area contributed by atoms with Crippen LogP contribution in [0.1, 0.15) is 24.0 Å². The van der Waals surface area contributed by atoms with Crippen LogP contribution in [0.5, 0.6) is 5.88 Å². The fourth-order valence-corrected chi connectivity index (χ4v) is 2.69. The van der Waals surface area contributed by atoms with Crippen LogP contribution in [0.3, 0.4) is 0 Å². The Morgan fingerprint density at radius 1 is 1.26 bits per heavy atom. The number of nitrogens with one attached hydrogen (secondary N) is 1. The van der Waals surface area contributed by atoms with Crippen LogP contribution in [0, 0.1) is 0 Å². The second-order valence-corrected chi connectivity index (χ2v) is 5.49. The van der Waals surface area contributed by atoms with Gasteiger partial charge >= 0.3 is 0 Å². The van der Waals surface area contributed by atoms with E-state index in [4.69, 9.17) is 4.74 Å². The van der Waals surface area contributed by atoms with Gasteiger partial charge in [-0.3, -0.25) is 4.79 Å². The summed E-state index contributed by atoms with van der Waals surface area (Å²) in [5, 5.41) is 3.28. The van der Waals surface area contributed by atoms with Crippen molar-refractivity contribution >= 4 is 11.7 Å². The van der Waals surface area contributed by atoms with E-state index in [2.05, 4.69) is 27.4 Å². The van der Waals surface area contributed by atoms with E-state index in [1.165, 1.54) is 6.33 Å². The van der Waals surface area contributed by atoms with Gasteiger partial charge in [0.25, 0.3) is 0 Å². The molecule has 0 bridgehead atoms. The van der Waals surface area contributed by atoms with Crippen LogP contribution in [0.4, 0.5) is 5.82 Å². The average Bonchev–Trinajstić information content (AvgIpc) is 2.99. The number of ether oxygens (including phenoxy) is 1. The van der Waals surface area contributed by atoms with E-state index < -0.39 is 0 Å².